The Hall–Kier alpha value is -1.77. The van der Waals surface area contributed by atoms with E-state index in [0.717, 1.165) is 6.07 Å². The molecule has 0 aliphatic heterocycles. The Labute approximate surface area is 121 Å². The van der Waals surface area contributed by atoms with Gasteiger partial charge in [-0.25, -0.2) is 4.39 Å². The lowest BCUT2D eigenvalue weighted by Crippen LogP contribution is -2.33. The van der Waals surface area contributed by atoms with Crippen molar-refractivity contribution in [2.45, 2.75) is 13.0 Å². The minimum atomic E-state index is -0.827. The van der Waals surface area contributed by atoms with Gasteiger partial charge in [0.15, 0.2) is 11.6 Å². The summed E-state index contributed by atoms with van der Waals surface area (Å²) in [6, 6.07) is 2.06. The number of nitrogens with one attached hydrogen (secondary N) is 1. The second-order valence-electron chi connectivity index (χ2n) is 4.49. The van der Waals surface area contributed by atoms with E-state index in [2.05, 4.69) is 5.32 Å². The number of aliphatic hydroxyl groups excluding tert-OH is 1. The Balaban J connectivity index is 2.52. The van der Waals surface area contributed by atoms with E-state index in [-0.39, 0.29) is 24.6 Å². The average Bonchev–Trinajstić information content (AvgIpc) is 2.43. The first-order chi connectivity index (χ1) is 9.95. The average molecular weight is 302 g/mol. The van der Waals surface area contributed by atoms with Crippen molar-refractivity contribution in [3.05, 3.63) is 33.6 Å². The summed E-state index contributed by atoms with van der Waals surface area (Å²) < 4.78 is 23.6. The molecule has 0 aromatic heterocycles. The van der Waals surface area contributed by atoms with Crippen LogP contribution in [0.2, 0.25) is 0 Å². The molecule has 1 rings (SSSR count). The van der Waals surface area contributed by atoms with Crippen LogP contribution >= 0.6 is 0 Å². The summed E-state index contributed by atoms with van der Waals surface area (Å²) in [6.07, 6.45) is -0.822. The number of nitro benzene ring substituents is 1. The number of nitrogens with zero attached hydrogens (tertiary/aromatic N) is 1. The summed E-state index contributed by atoms with van der Waals surface area (Å²) in [5.41, 5.74) is -0.00857. The van der Waals surface area contributed by atoms with E-state index in [1.54, 1.807) is 7.11 Å². The highest BCUT2D eigenvalue weighted by Gasteiger charge is 2.17. The van der Waals surface area contributed by atoms with Gasteiger partial charge >= 0.3 is 0 Å². The normalized spacial score (nSPS) is 12.2. The van der Waals surface area contributed by atoms with Crippen molar-refractivity contribution in [1.82, 2.24) is 5.32 Å². The van der Waals surface area contributed by atoms with Gasteiger partial charge < -0.3 is 19.9 Å². The topological polar surface area (TPSA) is 93.9 Å². The van der Waals surface area contributed by atoms with Gasteiger partial charge in [0.2, 0.25) is 0 Å². The number of rotatable bonds is 9. The fraction of sp³-hybridized carbons (Fsp3) is 0.538. The minimum Gasteiger partial charge on any atom is -0.488 e. The van der Waals surface area contributed by atoms with Crippen LogP contribution in [0.5, 0.6) is 5.75 Å². The smallest absolute Gasteiger partial charge is 0.275 e. The number of nitro groups is 1. The molecule has 0 radical (unpaired) electrons. The molecule has 8 heteroatoms. The van der Waals surface area contributed by atoms with Crippen LogP contribution in [0, 0.1) is 22.9 Å². The Morgan fingerprint density at radius 2 is 2.24 bits per heavy atom. The molecule has 1 unspecified atom stereocenters. The van der Waals surface area contributed by atoms with Crippen molar-refractivity contribution in [3.63, 3.8) is 0 Å². The zero-order valence-corrected chi connectivity index (χ0v) is 12.0. The molecule has 0 aliphatic carbocycles. The molecule has 0 bridgehead atoms. The van der Waals surface area contributed by atoms with Crippen molar-refractivity contribution in [3.8, 4) is 5.75 Å². The van der Waals surface area contributed by atoms with Crippen molar-refractivity contribution in [2.75, 3.05) is 33.4 Å². The van der Waals surface area contributed by atoms with E-state index in [4.69, 9.17) is 9.47 Å². The Morgan fingerprint density at radius 3 is 2.86 bits per heavy atom. The van der Waals surface area contributed by atoms with E-state index in [9.17, 15) is 19.6 Å². The molecule has 0 amide bonds. The number of hydrogen-bond donors (Lipinski definition) is 2. The van der Waals surface area contributed by atoms with Gasteiger partial charge in [-0.3, -0.25) is 10.1 Å². The molecule has 1 aromatic rings. The van der Waals surface area contributed by atoms with Crippen molar-refractivity contribution >= 4 is 5.69 Å². The molecule has 0 heterocycles. The summed E-state index contributed by atoms with van der Waals surface area (Å²) in [5.74, 6) is -0.944. The lowest BCUT2D eigenvalue weighted by Gasteiger charge is -2.14. The minimum absolute atomic E-state index is 0.117. The van der Waals surface area contributed by atoms with Crippen LogP contribution in [-0.2, 0) is 4.74 Å². The molecule has 0 saturated heterocycles. The predicted molar refractivity (Wildman–Crippen MR) is 74.0 cm³/mol. The summed E-state index contributed by atoms with van der Waals surface area (Å²) in [7, 11) is 1.57. The van der Waals surface area contributed by atoms with Gasteiger partial charge in [-0.1, -0.05) is 0 Å². The number of halogens is 1. The van der Waals surface area contributed by atoms with Crippen molar-refractivity contribution in [2.24, 2.45) is 0 Å². The molecule has 118 valence electrons. The number of aliphatic hydroxyl groups is 1. The van der Waals surface area contributed by atoms with E-state index in [1.165, 1.54) is 13.0 Å². The number of aryl methyl sites for hydroxylation is 1. The van der Waals surface area contributed by atoms with Crippen molar-refractivity contribution < 1.29 is 23.9 Å². The molecule has 2 N–H and O–H groups in total. The van der Waals surface area contributed by atoms with Crippen LogP contribution in [0.3, 0.4) is 0 Å². The Bertz CT molecular complexity index is 484. The van der Waals surface area contributed by atoms with Gasteiger partial charge in [-0.05, 0) is 13.0 Å². The maximum absolute atomic E-state index is 13.7. The van der Waals surface area contributed by atoms with E-state index < -0.39 is 16.8 Å². The van der Waals surface area contributed by atoms with Gasteiger partial charge in [0.05, 0.1) is 17.6 Å². The number of benzene rings is 1. The maximum Gasteiger partial charge on any atom is 0.275 e. The van der Waals surface area contributed by atoms with Crippen LogP contribution in [-0.4, -0.2) is 49.5 Å². The molecule has 1 atom stereocenters. The highest BCUT2D eigenvalue weighted by atomic mass is 19.1. The van der Waals surface area contributed by atoms with Crippen LogP contribution in [0.4, 0.5) is 10.1 Å². The number of hydrogen-bond acceptors (Lipinski definition) is 6. The molecule has 0 aliphatic rings. The lowest BCUT2D eigenvalue weighted by molar-refractivity contribution is -0.385. The van der Waals surface area contributed by atoms with E-state index >= 15 is 0 Å². The quantitative estimate of drug-likeness (QED) is 0.402. The molecule has 0 spiro atoms. The number of ether oxygens (including phenoxy) is 2. The highest BCUT2D eigenvalue weighted by molar-refractivity contribution is 5.45. The van der Waals surface area contributed by atoms with Crippen LogP contribution in [0.1, 0.15) is 5.56 Å². The summed E-state index contributed by atoms with van der Waals surface area (Å²) in [5, 5.41) is 23.3. The van der Waals surface area contributed by atoms with Crippen LogP contribution < -0.4 is 10.1 Å². The van der Waals surface area contributed by atoms with Gasteiger partial charge in [-0.2, -0.15) is 0 Å². The van der Waals surface area contributed by atoms with Gasteiger partial charge in [0.1, 0.15) is 12.7 Å². The third kappa shape index (κ3) is 5.62. The lowest BCUT2D eigenvalue weighted by atomic mass is 10.2. The first kappa shape index (κ1) is 17.3. The van der Waals surface area contributed by atoms with Crippen LogP contribution in [0.25, 0.3) is 0 Å². The molecule has 0 saturated carbocycles. The van der Waals surface area contributed by atoms with E-state index in [0.29, 0.717) is 18.7 Å². The SMILES string of the molecule is COCCNCC(O)COc1cc(C)c([N+](=O)[O-])cc1F. The third-order valence-corrected chi connectivity index (χ3v) is 2.74. The third-order valence-electron chi connectivity index (χ3n) is 2.74. The van der Waals surface area contributed by atoms with Gasteiger partial charge in [-0.15, -0.1) is 0 Å². The zero-order chi connectivity index (χ0) is 15.8. The summed E-state index contributed by atoms with van der Waals surface area (Å²) in [6.45, 7) is 2.75. The van der Waals surface area contributed by atoms with Crippen LogP contribution in [0.15, 0.2) is 12.1 Å². The first-order valence-electron chi connectivity index (χ1n) is 6.40. The number of methoxy groups -OCH3 is 1. The largest absolute Gasteiger partial charge is 0.488 e. The fourth-order valence-corrected chi connectivity index (χ4v) is 1.64. The van der Waals surface area contributed by atoms with Gasteiger partial charge in [0, 0.05) is 25.8 Å². The molecule has 1 aromatic carbocycles. The van der Waals surface area contributed by atoms with E-state index in [1.807, 2.05) is 0 Å². The Morgan fingerprint density at radius 1 is 1.52 bits per heavy atom. The molecular weight excluding hydrogens is 283 g/mol. The zero-order valence-electron chi connectivity index (χ0n) is 12.0. The Kier molecular flexibility index (Phi) is 7.00. The second kappa shape index (κ2) is 8.50. The molecule has 0 fully saturated rings. The molecule has 7 nitrogen and oxygen atoms in total. The second-order valence-corrected chi connectivity index (χ2v) is 4.49. The predicted octanol–water partition coefficient (Wildman–Crippen LogP) is 1.02. The fourth-order valence-electron chi connectivity index (χ4n) is 1.64. The highest BCUT2D eigenvalue weighted by Crippen LogP contribution is 2.26. The standard InChI is InChI=1S/C13H19FN2O5/c1-9-5-13(11(14)6-12(9)16(18)19)21-8-10(17)7-15-3-4-20-2/h5-6,10,15,17H,3-4,7-8H2,1-2H3. The van der Waals surface area contributed by atoms with Gasteiger partial charge in [0.25, 0.3) is 5.69 Å². The monoisotopic (exact) mass is 302 g/mol. The maximum atomic E-state index is 13.7. The summed E-state index contributed by atoms with van der Waals surface area (Å²) >= 11 is 0. The molecule has 21 heavy (non-hydrogen) atoms. The first-order valence-corrected chi connectivity index (χ1v) is 6.40. The summed E-state index contributed by atoms with van der Waals surface area (Å²) in [4.78, 5) is 10.0. The van der Waals surface area contributed by atoms with Crippen molar-refractivity contribution in [1.29, 1.82) is 0 Å². The molecular formula is C13H19FN2O5.